The van der Waals surface area contributed by atoms with Crippen LogP contribution in [0, 0.1) is 0 Å². The zero-order valence-electron chi connectivity index (χ0n) is 12.8. The summed E-state index contributed by atoms with van der Waals surface area (Å²) < 4.78 is 45.6. The van der Waals surface area contributed by atoms with E-state index in [1.807, 2.05) is 0 Å². The summed E-state index contributed by atoms with van der Waals surface area (Å²) in [5.74, 6) is -0.272. The molecule has 0 aliphatic heterocycles. The first-order chi connectivity index (χ1) is 10.9. The maximum atomic E-state index is 12.1. The molecule has 126 valence electrons. The van der Waals surface area contributed by atoms with Gasteiger partial charge in [-0.2, -0.15) is 0 Å². The molecule has 0 saturated heterocycles. The SMILES string of the molecule is CC=CC(=O)OC1CCC(c2ccc(OC(F)(F)F)cc2)CC1. The summed E-state index contributed by atoms with van der Waals surface area (Å²) >= 11 is 0. The number of ether oxygens (including phenoxy) is 2. The summed E-state index contributed by atoms with van der Waals surface area (Å²) in [6.45, 7) is 1.75. The minimum Gasteiger partial charge on any atom is -0.459 e. The highest BCUT2D eigenvalue weighted by molar-refractivity contribution is 5.81. The van der Waals surface area contributed by atoms with Gasteiger partial charge in [0.2, 0.25) is 0 Å². The fourth-order valence-corrected chi connectivity index (χ4v) is 2.80. The molecule has 2 rings (SSSR count). The highest BCUT2D eigenvalue weighted by Gasteiger charge is 2.31. The zero-order chi connectivity index (χ0) is 16.9. The Morgan fingerprint density at radius 1 is 1.13 bits per heavy atom. The quantitative estimate of drug-likeness (QED) is 0.592. The van der Waals surface area contributed by atoms with Crippen LogP contribution in [0.2, 0.25) is 0 Å². The van der Waals surface area contributed by atoms with E-state index in [4.69, 9.17) is 4.74 Å². The van der Waals surface area contributed by atoms with Gasteiger partial charge in [-0.1, -0.05) is 18.2 Å². The molecular formula is C17H19F3O3. The molecule has 0 amide bonds. The van der Waals surface area contributed by atoms with Crippen molar-refractivity contribution >= 4 is 5.97 Å². The summed E-state index contributed by atoms with van der Waals surface area (Å²) in [7, 11) is 0. The van der Waals surface area contributed by atoms with Gasteiger partial charge < -0.3 is 9.47 Å². The van der Waals surface area contributed by atoms with Gasteiger partial charge in [0.15, 0.2) is 0 Å². The Morgan fingerprint density at radius 3 is 2.26 bits per heavy atom. The number of rotatable bonds is 4. The molecule has 1 fully saturated rings. The van der Waals surface area contributed by atoms with Gasteiger partial charge in [0.25, 0.3) is 0 Å². The minimum absolute atomic E-state index is 0.0808. The smallest absolute Gasteiger partial charge is 0.459 e. The number of alkyl halides is 3. The second-order valence-electron chi connectivity index (χ2n) is 5.53. The van der Waals surface area contributed by atoms with E-state index in [0.29, 0.717) is 0 Å². The summed E-state index contributed by atoms with van der Waals surface area (Å²) in [6.07, 6.45) is 1.48. The number of halogens is 3. The summed E-state index contributed by atoms with van der Waals surface area (Å²) in [5, 5.41) is 0. The largest absolute Gasteiger partial charge is 0.573 e. The van der Waals surface area contributed by atoms with E-state index in [1.165, 1.54) is 18.2 Å². The van der Waals surface area contributed by atoms with Crippen molar-refractivity contribution < 1.29 is 27.4 Å². The number of benzene rings is 1. The third-order valence-corrected chi connectivity index (χ3v) is 3.84. The lowest BCUT2D eigenvalue weighted by Gasteiger charge is -2.28. The number of allylic oxidation sites excluding steroid dienone is 1. The van der Waals surface area contributed by atoms with Gasteiger partial charge in [-0.25, -0.2) is 4.79 Å². The zero-order valence-corrected chi connectivity index (χ0v) is 12.8. The molecule has 0 bridgehead atoms. The molecule has 1 aliphatic rings. The Hall–Kier alpha value is -1.98. The van der Waals surface area contributed by atoms with Gasteiger partial charge in [-0.05, 0) is 56.2 Å². The van der Waals surface area contributed by atoms with Crippen molar-refractivity contribution in [3.05, 3.63) is 42.0 Å². The fourth-order valence-electron chi connectivity index (χ4n) is 2.80. The minimum atomic E-state index is -4.67. The molecule has 1 aliphatic carbocycles. The molecule has 0 aromatic heterocycles. The standard InChI is InChI=1S/C17H19F3O3/c1-2-3-16(21)22-14-8-4-12(5-9-14)13-6-10-15(11-7-13)23-17(18,19)20/h2-3,6-7,10-12,14H,4-5,8-9H2,1H3. The van der Waals surface area contributed by atoms with Gasteiger partial charge in [0, 0.05) is 6.08 Å². The number of hydrogen-bond acceptors (Lipinski definition) is 3. The second-order valence-corrected chi connectivity index (χ2v) is 5.53. The molecule has 0 spiro atoms. The number of carbonyl (C=O) groups is 1. The maximum Gasteiger partial charge on any atom is 0.573 e. The number of hydrogen-bond donors (Lipinski definition) is 0. The van der Waals surface area contributed by atoms with Crippen LogP contribution in [0.3, 0.4) is 0 Å². The summed E-state index contributed by atoms with van der Waals surface area (Å²) in [4.78, 5) is 11.4. The number of carbonyl (C=O) groups excluding carboxylic acids is 1. The first-order valence-corrected chi connectivity index (χ1v) is 7.56. The van der Waals surface area contributed by atoms with Gasteiger partial charge in [-0.15, -0.1) is 13.2 Å². The first kappa shape index (κ1) is 17.4. The van der Waals surface area contributed by atoms with Crippen molar-refractivity contribution in [2.45, 2.75) is 51.0 Å². The Kier molecular flexibility index (Phi) is 5.69. The van der Waals surface area contributed by atoms with Crippen LogP contribution in [0.25, 0.3) is 0 Å². The molecule has 3 nitrogen and oxygen atoms in total. The lowest BCUT2D eigenvalue weighted by atomic mass is 9.83. The highest BCUT2D eigenvalue weighted by Crippen LogP contribution is 2.35. The van der Waals surface area contributed by atoms with Crippen LogP contribution >= 0.6 is 0 Å². The Morgan fingerprint density at radius 2 is 1.74 bits per heavy atom. The second kappa shape index (κ2) is 7.53. The molecule has 0 radical (unpaired) electrons. The third kappa shape index (κ3) is 5.62. The normalized spacial score (nSPS) is 22.1. The topological polar surface area (TPSA) is 35.5 Å². The van der Waals surface area contributed by atoms with Gasteiger partial charge in [0.1, 0.15) is 11.9 Å². The van der Waals surface area contributed by atoms with Crippen molar-refractivity contribution in [3.8, 4) is 5.75 Å². The fraction of sp³-hybridized carbons (Fsp3) is 0.471. The van der Waals surface area contributed by atoms with Gasteiger partial charge in [-0.3, -0.25) is 0 Å². The van der Waals surface area contributed by atoms with Crippen LogP contribution in [-0.2, 0) is 9.53 Å². The summed E-state index contributed by atoms with van der Waals surface area (Å²) in [5.41, 5.74) is 0.984. The van der Waals surface area contributed by atoms with Crippen molar-refractivity contribution in [2.24, 2.45) is 0 Å². The lowest BCUT2D eigenvalue weighted by Crippen LogP contribution is -2.23. The molecule has 1 aromatic rings. The van der Waals surface area contributed by atoms with Crippen LogP contribution < -0.4 is 4.74 Å². The van der Waals surface area contributed by atoms with E-state index in [1.54, 1.807) is 25.1 Å². The predicted octanol–water partition coefficient (Wildman–Crippen LogP) is 4.73. The molecular weight excluding hydrogens is 309 g/mol. The number of esters is 1. The predicted molar refractivity (Wildman–Crippen MR) is 79.0 cm³/mol. The van der Waals surface area contributed by atoms with Gasteiger partial charge >= 0.3 is 12.3 Å². The monoisotopic (exact) mass is 328 g/mol. The van der Waals surface area contributed by atoms with Crippen LogP contribution in [0.15, 0.2) is 36.4 Å². The maximum absolute atomic E-state index is 12.1. The van der Waals surface area contributed by atoms with E-state index < -0.39 is 6.36 Å². The van der Waals surface area contributed by atoms with Crippen molar-refractivity contribution in [1.82, 2.24) is 0 Å². The molecule has 0 unspecified atom stereocenters. The Balaban J connectivity index is 1.86. The third-order valence-electron chi connectivity index (χ3n) is 3.84. The Bertz CT molecular complexity index is 541. The molecule has 0 atom stereocenters. The molecule has 1 saturated carbocycles. The van der Waals surface area contributed by atoms with E-state index in [-0.39, 0.29) is 23.7 Å². The first-order valence-electron chi connectivity index (χ1n) is 7.56. The van der Waals surface area contributed by atoms with Crippen LogP contribution in [0.4, 0.5) is 13.2 Å². The molecule has 23 heavy (non-hydrogen) atoms. The van der Waals surface area contributed by atoms with Crippen LogP contribution in [0.5, 0.6) is 5.75 Å². The highest BCUT2D eigenvalue weighted by atomic mass is 19.4. The van der Waals surface area contributed by atoms with Crippen LogP contribution in [0.1, 0.15) is 44.1 Å². The van der Waals surface area contributed by atoms with E-state index in [0.717, 1.165) is 31.2 Å². The van der Waals surface area contributed by atoms with Crippen molar-refractivity contribution in [3.63, 3.8) is 0 Å². The molecule has 0 heterocycles. The molecule has 1 aromatic carbocycles. The van der Waals surface area contributed by atoms with Crippen molar-refractivity contribution in [2.75, 3.05) is 0 Å². The average Bonchev–Trinajstić information content (AvgIpc) is 2.47. The molecule has 0 N–H and O–H groups in total. The van der Waals surface area contributed by atoms with E-state index in [2.05, 4.69) is 4.74 Å². The van der Waals surface area contributed by atoms with Crippen molar-refractivity contribution in [1.29, 1.82) is 0 Å². The summed E-state index contributed by atoms with van der Waals surface area (Å²) in [6, 6.07) is 6.00. The lowest BCUT2D eigenvalue weighted by molar-refractivity contribution is -0.274. The molecule has 6 heteroatoms. The van der Waals surface area contributed by atoms with E-state index in [9.17, 15) is 18.0 Å². The average molecular weight is 328 g/mol. The Labute approximate surface area is 133 Å². The van der Waals surface area contributed by atoms with Gasteiger partial charge in [0.05, 0.1) is 0 Å². The van der Waals surface area contributed by atoms with E-state index >= 15 is 0 Å². The van der Waals surface area contributed by atoms with Crippen LogP contribution in [-0.4, -0.2) is 18.4 Å².